The minimum atomic E-state index is -0.660. The SMILES string of the molecule is COC(=O)c1cccc(C=C(CNC(=O)OC(C)(C)C)B2OC(C)(C)C(C)(C)O2)c1. The number of nitrogens with one attached hydrogen (secondary N) is 1. The Morgan fingerprint density at radius 2 is 1.73 bits per heavy atom. The molecule has 1 N–H and O–H groups in total. The van der Waals surface area contributed by atoms with Crippen LogP contribution >= 0.6 is 0 Å². The van der Waals surface area contributed by atoms with E-state index >= 15 is 0 Å². The molecule has 7 nitrogen and oxygen atoms in total. The summed E-state index contributed by atoms with van der Waals surface area (Å²) >= 11 is 0. The number of hydrogen-bond donors (Lipinski definition) is 1. The van der Waals surface area contributed by atoms with Gasteiger partial charge >= 0.3 is 19.2 Å². The van der Waals surface area contributed by atoms with Crippen molar-refractivity contribution in [2.75, 3.05) is 13.7 Å². The van der Waals surface area contributed by atoms with Gasteiger partial charge in [-0.15, -0.1) is 0 Å². The lowest BCUT2D eigenvalue weighted by molar-refractivity contribution is 0.00578. The van der Waals surface area contributed by atoms with E-state index in [9.17, 15) is 9.59 Å². The molecule has 0 radical (unpaired) electrons. The summed E-state index contributed by atoms with van der Waals surface area (Å²) in [5.74, 6) is -0.422. The van der Waals surface area contributed by atoms with E-state index in [1.165, 1.54) is 7.11 Å². The second-order valence-corrected chi connectivity index (χ2v) is 9.28. The molecule has 1 aromatic rings. The maximum absolute atomic E-state index is 12.2. The van der Waals surface area contributed by atoms with Gasteiger partial charge in [0, 0.05) is 6.54 Å². The molecule has 1 fully saturated rings. The van der Waals surface area contributed by atoms with E-state index in [1.807, 2.05) is 39.8 Å². The standard InChI is InChI=1S/C22H32BNO6/c1-20(2,3)28-19(26)24-14-17(23-29-21(4,5)22(6,7)30-23)13-15-10-9-11-16(12-15)18(25)27-8/h9-13H,14H2,1-8H3,(H,24,26). The molecular weight excluding hydrogens is 385 g/mol. The molecule has 0 unspecified atom stereocenters. The lowest BCUT2D eigenvalue weighted by Crippen LogP contribution is -2.41. The predicted octanol–water partition coefficient (Wildman–Crippen LogP) is 4.01. The van der Waals surface area contributed by atoms with E-state index < -0.39 is 36.0 Å². The molecule has 0 aromatic heterocycles. The molecule has 0 atom stereocenters. The molecule has 0 aliphatic carbocycles. The summed E-state index contributed by atoms with van der Waals surface area (Å²) < 4.78 is 22.4. The van der Waals surface area contributed by atoms with Crippen molar-refractivity contribution in [1.82, 2.24) is 5.32 Å². The number of hydrogen-bond acceptors (Lipinski definition) is 6. The number of benzene rings is 1. The van der Waals surface area contributed by atoms with Crippen molar-refractivity contribution in [3.63, 3.8) is 0 Å². The van der Waals surface area contributed by atoms with Crippen molar-refractivity contribution in [2.45, 2.75) is 65.3 Å². The maximum Gasteiger partial charge on any atom is 0.492 e. The third-order valence-corrected chi connectivity index (χ3v) is 5.05. The van der Waals surface area contributed by atoms with Gasteiger partial charge in [0.1, 0.15) is 5.60 Å². The van der Waals surface area contributed by atoms with Crippen LogP contribution in [0.3, 0.4) is 0 Å². The summed E-state index contributed by atoms with van der Waals surface area (Å²) in [4.78, 5) is 24.0. The molecule has 1 aromatic carbocycles. The van der Waals surface area contributed by atoms with Crippen molar-refractivity contribution < 1.29 is 28.4 Å². The number of esters is 1. The van der Waals surface area contributed by atoms with E-state index in [0.717, 1.165) is 5.56 Å². The largest absolute Gasteiger partial charge is 0.492 e. The minimum absolute atomic E-state index is 0.161. The Bertz CT molecular complexity index is 809. The zero-order valence-electron chi connectivity index (χ0n) is 19.1. The van der Waals surface area contributed by atoms with E-state index in [4.69, 9.17) is 18.8 Å². The normalized spacial score (nSPS) is 18.1. The second-order valence-electron chi connectivity index (χ2n) is 9.28. The fourth-order valence-corrected chi connectivity index (χ4v) is 2.77. The molecule has 0 saturated carbocycles. The minimum Gasteiger partial charge on any atom is -0.465 e. The van der Waals surface area contributed by atoms with Crippen LogP contribution in [-0.2, 0) is 18.8 Å². The van der Waals surface area contributed by atoms with Gasteiger partial charge in [0.05, 0.1) is 23.9 Å². The van der Waals surface area contributed by atoms with E-state index in [0.29, 0.717) is 11.0 Å². The van der Waals surface area contributed by atoms with Crippen LogP contribution < -0.4 is 5.32 Å². The summed E-state index contributed by atoms with van der Waals surface area (Å²) in [6.45, 7) is 13.4. The molecular formula is C22H32BNO6. The topological polar surface area (TPSA) is 83.1 Å². The predicted molar refractivity (Wildman–Crippen MR) is 116 cm³/mol. The number of amides is 1. The summed E-state index contributed by atoms with van der Waals surface area (Å²) in [6.07, 6.45) is 1.31. The van der Waals surface area contributed by atoms with Gasteiger partial charge in [-0.05, 0) is 71.6 Å². The third-order valence-electron chi connectivity index (χ3n) is 5.05. The zero-order valence-corrected chi connectivity index (χ0v) is 19.1. The molecule has 30 heavy (non-hydrogen) atoms. The lowest BCUT2D eigenvalue weighted by Gasteiger charge is -2.32. The van der Waals surface area contributed by atoms with Crippen LogP contribution in [0.4, 0.5) is 4.79 Å². The summed E-state index contributed by atoms with van der Waals surface area (Å²) in [7, 11) is 0.678. The van der Waals surface area contributed by atoms with Gasteiger partial charge < -0.3 is 24.1 Å². The molecule has 1 heterocycles. The molecule has 0 bridgehead atoms. The molecule has 8 heteroatoms. The Balaban J connectivity index is 2.31. The zero-order chi connectivity index (χ0) is 22.7. The van der Waals surface area contributed by atoms with Crippen LogP contribution in [0, 0.1) is 0 Å². The van der Waals surface area contributed by atoms with E-state index in [2.05, 4.69) is 5.32 Å². The quantitative estimate of drug-likeness (QED) is 0.576. The Morgan fingerprint density at radius 3 is 2.27 bits per heavy atom. The average Bonchev–Trinajstić information content (AvgIpc) is 2.84. The first kappa shape index (κ1) is 24.0. The van der Waals surface area contributed by atoms with Crippen LogP contribution in [0.5, 0.6) is 0 Å². The maximum atomic E-state index is 12.2. The fourth-order valence-electron chi connectivity index (χ4n) is 2.77. The van der Waals surface area contributed by atoms with Crippen LogP contribution in [0.15, 0.2) is 29.7 Å². The van der Waals surface area contributed by atoms with Crippen molar-refractivity contribution in [2.24, 2.45) is 0 Å². The molecule has 1 aliphatic heterocycles. The molecule has 1 aliphatic rings. The molecule has 1 saturated heterocycles. The van der Waals surface area contributed by atoms with Crippen molar-refractivity contribution >= 4 is 25.3 Å². The van der Waals surface area contributed by atoms with Crippen LogP contribution in [0.25, 0.3) is 6.08 Å². The first-order valence-electron chi connectivity index (χ1n) is 9.95. The Hall–Kier alpha value is -2.32. The Morgan fingerprint density at radius 1 is 1.13 bits per heavy atom. The monoisotopic (exact) mass is 417 g/mol. The molecule has 0 spiro atoms. The van der Waals surface area contributed by atoms with Gasteiger partial charge in [-0.25, -0.2) is 9.59 Å². The lowest BCUT2D eigenvalue weighted by atomic mass is 9.77. The summed E-state index contributed by atoms with van der Waals surface area (Å²) in [5, 5.41) is 2.76. The van der Waals surface area contributed by atoms with Crippen molar-refractivity contribution in [1.29, 1.82) is 0 Å². The number of carbonyl (C=O) groups is 2. The fraction of sp³-hybridized carbons (Fsp3) is 0.545. The third kappa shape index (κ3) is 6.09. The molecule has 1 amide bonds. The number of methoxy groups -OCH3 is 1. The summed E-state index contributed by atoms with van der Waals surface area (Å²) in [6, 6.07) is 7.01. The summed E-state index contributed by atoms with van der Waals surface area (Å²) in [5.41, 5.74) is 0.218. The van der Waals surface area contributed by atoms with E-state index in [1.54, 1.807) is 39.0 Å². The van der Waals surface area contributed by atoms with Gasteiger partial charge in [-0.1, -0.05) is 18.2 Å². The highest BCUT2D eigenvalue weighted by atomic mass is 16.7. The number of rotatable bonds is 5. The van der Waals surface area contributed by atoms with Crippen molar-refractivity contribution in [3.8, 4) is 0 Å². The average molecular weight is 417 g/mol. The molecule has 164 valence electrons. The Kier molecular flexibility index (Phi) is 7.04. The van der Waals surface area contributed by atoms with Gasteiger partial charge in [0.15, 0.2) is 0 Å². The van der Waals surface area contributed by atoms with Gasteiger partial charge in [-0.2, -0.15) is 0 Å². The Labute approximate surface area is 179 Å². The van der Waals surface area contributed by atoms with Crippen LogP contribution in [-0.4, -0.2) is 49.6 Å². The smallest absolute Gasteiger partial charge is 0.465 e. The highest BCUT2D eigenvalue weighted by Gasteiger charge is 2.52. The van der Waals surface area contributed by atoms with E-state index in [-0.39, 0.29) is 6.54 Å². The second kappa shape index (κ2) is 8.82. The number of alkyl carbamates (subject to hydrolysis) is 1. The van der Waals surface area contributed by atoms with Crippen LogP contribution in [0.1, 0.15) is 64.4 Å². The highest BCUT2D eigenvalue weighted by Crippen LogP contribution is 2.38. The van der Waals surface area contributed by atoms with Crippen molar-refractivity contribution in [3.05, 3.63) is 40.9 Å². The van der Waals surface area contributed by atoms with Gasteiger partial charge in [0.2, 0.25) is 0 Å². The first-order valence-corrected chi connectivity index (χ1v) is 9.95. The molecule has 2 rings (SSSR count). The van der Waals surface area contributed by atoms with Crippen LogP contribution in [0.2, 0.25) is 0 Å². The van der Waals surface area contributed by atoms with Gasteiger partial charge in [0.25, 0.3) is 0 Å². The van der Waals surface area contributed by atoms with Gasteiger partial charge in [-0.3, -0.25) is 0 Å². The highest BCUT2D eigenvalue weighted by molar-refractivity contribution is 6.56. The number of carbonyl (C=O) groups excluding carboxylic acids is 2. The first-order chi connectivity index (χ1) is 13.7. The number of ether oxygens (including phenoxy) is 2.